The molecule has 0 aliphatic heterocycles. The van der Waals surface area contributed by atoms with Gasteiger partial charge in [0.1, 0.15) is 11.1 Å². The van der Waals surface area contributed by atoms with Crippen LogP contribution in [0.4, 0.5) is 0 Å². The van der Waals surface area contributed by atoms with E-state index < -0.39 is 0 Å². The number of hydrogen-bond acceptors (Lipinski definition) is 4. The van der Waals surface area contributed by atoms with E-state index in [0.29, 0.717) is 5.65 Å². The van der Waals surface area contributed by atoms with Gasteiger partial charge in [0.05, 0.1) is 0 Å². The molecule has 0 unspecified atom stereocenters. The van der Waals surface area contributed by atoms with Crippen LogP contribution in [0.15, 0.2) is 18.3 Å². The molecule has 0 aliphatic carbocycles. The van der Waals surface area contributed by atoms with Crippen molar-refractivity contribution in [1.29, 1.82) is 0 Å². The second-order valence-electron chi connectivity index (χ2n) is 4.01. The maximum atomic E-state index is 5.54. The number of fused-ring (bicyclic) bond motifs is 1. The minimum atomic E-state index is -0.307. The second-order valence-corrected chi connectivity index (χ2v) is 4.01. The van der Waals surface area contributed by atoms with Gasteiger partial charge < -0.3 is 4.84 Å². The summed E-state index contributed by atoms with van der Waals surface area (Å²) in [6.45, 7) is 5.84. The Hall–Kier alpha value is -1.65. The first-order valence-electron chi connectivity index (χ1n) is 4.42. The third-order valence-corrected chi connectivity index (χ3v) is 1.54. The van der Waals surface area contributed by atoms with Crippen molar-refractivity contribution in [3.8, 4) is 0 Å². The van der Waals surface area contributed by atoms with E-state index in [-0.39, 0.29) is 5.60 Å². The highest BCUT2D eigenvalue weighted by atomic mass is 16.7. The van der Waals surface area contributed by atoms with Crippen LogP contribution in [0, 0.1) is 0 Å². The lowest BCUT2D eigenvalue weighted by Crippen LogP contribution is -2.32. The molecule has 0 N–H and O–H groups in total. The van der Waals surface area contributed by atoms with Crippen LogP contribution < -0.4 is 4.84 Å². The molecule has 0 spiro atoms. The fourth-order valence-corrected chi connectivity index (χ4v) is 1.07. The van der Waals surface area contributed by atoms with Crippen LogP contribution in [0.5, 0.6) is 0 Å². The fourth-order valence-electron chi connectivity index (χ4n) is 1.07. The third kappa shape index (κ3) is 1.66. The van der Waals surface area contributed by atoms with Crippen molar-refractivity contribution >= 4 is 11.2 Å². The van der Waals surface area contributed by atoms with E-state index in [1.807, 2.05) is 32.9 Å². The number of rotatable bonds is 1. The van der Waals surface area contributed by atoms with Gasteiger partial charge in [0.15, 0.2) is 0 Å². The lowest BCUT2D eigenvalue weighted by Gasteiger charge is -2.18. The van der Waals surface area contributed by atoms with Gasteiger partial charge >= 0.3 is 0 Å². The summed E-state index contributed by atoms with van der Waals surface area (Å²) in [4.78, 5) is 11.0. The number of pyridine rings is 1. The summed E-state index contributed by atoms with van der Waals surface area (Å²) in [7, 11) is 0. The molecule has 0 atom stereocenters. The van der Waals surface area contributed by atoms with E-state index >= 15 is 0 Å². The molecule has 5 heteroatoms. The van der Waals surface area contributed by atoms with E-state index in [1.54, 1.807) is 6.20 Å². The fraction of sp³-hybridized carbons (Fsp3) is 0.444. The molecular weight excluding hydrogens is 180 g/mol. The normalized spacial score (nSPS) is 11.9. The highest BCUT2D eigenvalue weighted by Gasteiger charge is 2.15. The van der Waals surface area contributed by atoms with Gasteiger partial charge in [0.25, 0.3) is 0 Å². The van der Waals surface area contributed by atoms with Crippen LogP contribution in [0.1, 0.15) is 20.8 Å². The van der Waals surface area contributed by atoms with Crippen molar-refractivity contribution < 1.29 is 4.84 Å². The molecular formula is C9H12N4O. The molecule has 14 heavy (non-hydrogen) atoms. The molecule has 74 valence electrons. The molecule has 5 nitrogen and oxygen atoms in total. The zero-order chi connectivity index (χ0) is 10.2. The standard InChI is InChI=1S/C9H12N4O/c1-9(2,3)14-13-8-7(11-12-13)5-4-6-10-8/h4-6H,1-3H3. The zero-order valence-electron chi connectivity index (χ0n) is 8.43. The van der Waals surface area contributed by atoms with Gasteiger partial charge in [0.2, 0.25) is 5.65 Å². The summed E-state index contributed by atoms with van der Waals surface area (Å²) in [6.07, 6.45) is 1.69. The van der Waals surface area contributed by atoms with Crippen molar-refractivity contribution in [2.24, 2.45) is 0 Å². The molecule has 0 saturated heterocycles. The third-order valence-electron chi connectivity index (χ3n) is 1.54. The summed E-state index contributed by atoms with van der Waals surface area (Å²) in [5, 5.41) is 7.79. The molecule has 0 aromatic carbocycles. The van der Waals surface area contributed by atoms with Crippen LogP contribution in [0.3, 0.4) is 0 Å². The first kappa shape index (κ1) is 8.93. The van der Waals surface area contributed by atoms with Crippen molar-refractivity contribution in [1.82, 2.24) is 20.1 Å². The van der Waals surface area contributed by atoms with E-state index in [1.165, 1.54) is 4.85 Å². The van der Waals surface area contributed by atoms with Crippen LogP contribution in [0.2, 0.25) is 0 Å². The van der Waals surface area contributed by atoms with E-state index in [9.17, 15) is 0 Å². The lowest BCUT2D eigenvalue weighted by molar-refractivity contribution is -0.0303. The van der Waals surface area contributed by atoms with Gasteiger partial charge in [-0.25, -0.2) is 4.98 Å². The number of aromatic nitrogens is 4. The summed E-state index contributed by atoms with van der Waals surface area (Å²) in [5.74, 6) is 0. The first-order chi connectivity index (χ1) is 6.56. The molecule has 0 radical (unpaired) electrons. The molecule has 2 rings (SSSR count). The zero-order valence-corrected chi connectivity index (χ0v) is 8.43. The topological polar surface area (TPSA) is 52.8 Å². The van der Waals surface area contributed by atoms with E-state index in [4.69, 9.17) is 4.84 Å². The molecule has 2 aromatic rings. The van der Waals surface area contributed by atoms with Crippen molar-refractivity contribution in [2.45, 2.75) is 26.4 Å². The van der Waals surface area contributed by atoms with Gasteiger partial charge in [0, 0.05) is 6.20 Å². The molecule has 2 heterocycles. The molecule has 0 aliphatic rings. The Morgan fingerprint density at radius 2 is 2.14 bits per heavy atom. The van der Waals surface area contributed by atoms with Crippen LogP contribution in [-0.2, 0) is 0 Å². The van der Waals surface area contributed by atoms with Crippen LogP contribution in [0.25, 0.3) is 11.2 Å². The predicted octanol–water partition coefficient (Wildman–Crippen LogP) is 1.05. The smallest absolute Gasteiger partial charge is 0.219 e. The minimum absolute atomic E-state index is 0.307. The Morgan fingerprint density at radius 3 is 2.86 bits per heavy atom. The largest absolute Gasteiger partial charge is 0.388 e. The maximum Gasteiger partial charge on any atom is 0.219 e. The highest BCUT2D eigenvalue weighted by molar-refractivity contribution is 5.68. The van der Waals surface area contributed by atoms with Gasteiger partial charge in [-0.05, 0) is 38.1 Å². The van der Waals surface area contributed by atoms with Gasteiger partial charge in [-0.3, -0.25) is 0 Å². The SMILES string of the molecule is CC(C)(C)On1nnc2cccnc21. The first-order valence-corrected chi connectivity index (χ1v) is 4.42. The van der Waals surface area contributed by atoms with Crippen molar-refractivity contribution in [3.63, 3.8) is 0 Å². The van der Waals surface area contributed by atoms with E-state index in [0.717, 1.165) is 5.52 Å². The number of nitrogens with zero attached hydrogens (tertiary/aromatic N) is 4. The highest BCUT2D eigenvalue weighted by Crippen LogP contribution is 2.08. The average molecular weight is 192 g/mol. The predicted molar refractivity (Wildman–Crippen MR) is 51.7 cm³/mol. The molecule has 0 bridgehead atoms. The Labute approximate surface area is 81.7 Å². The van der Waals surface area contributed by atoms with E-state index in [2.05, 4.69) is 15.3 Å². The summed E-state index contributed by atoms with van der Waals surface area (Å²) >= 11 is 0. The monoisotopic (exact) mass is 192 g/mol. The summed E-state index contributed by atoms with van der Waals surface area (Å²) in [6, 6.07) is 3.66. The Kier molecular flexibility index (Phi) is 1.87. The molecule has 2 aromatic heterocycles. The molecule has 0 amide bonds. The van der Waals surface area contributed by atoms with Crippen molar-refractivity contribution in [3.05, 3.63) is 18.3 Å². The Balaban J connectivity index is 2.44. The van der Waals surface area contributed by atoms with Gasteiger partial charge in [-0.2, -0.15) is 0 Å². The second kappa shape index (κ2) is 2.94. The molecule has 0 fully saturated rings. The minimum Gasteiger partial charge on any atom is -0.388 e. The van der Waals surface area contributed by atoms with Crippen molar-refractivity contribution in [2.75, 3.05) is 0 Å². The quantitative estimate of drug-likeness (QED) is 0.677. The number of hydrogen-bond donors (Lipinski definition) is 0. The van der Waals surface area contributed by atoms with Crippen LogP contribution in [-0.4, -0.2) is 25.7 Å². The maximum absolute atomic E-state index is 5.54. The lowest BCUT2D eigenvalue weighted by atomic mass is 10.2. The van der Waals surface area contributed by atoms with Gasteiger partial charge in [-0.1, -0.05) is 4.85 Å². The molecule has 0 saturated carbocycles. The summed E-state index contributed by atoms with van der Waals surface area (Å²) < 4.78 is 0. The van der Waals surface area contributed by atoms with Gasteiger partial charge in [-0.15, -0.1) is 5.10 Å². The summed E-state index contributed by atoms with van der Waals surface area (Å²) in [5.41, 5.74) is 1.07. The average Bonchev–Trinajstić information content (AvgIpc) is 2.47. The Bertz CT molecular complexity index is 443. The van der Waals surface area contributed by atoms with Crippen LogP contribution >= 0.6 is 0 Å². The Morgan fingerprint density at radius 1 is 1.36 bits per heavy atom.